The maximum Gasteiger partial charge on any atom is 0.280 e. The van der Waals surface area contributed by atoms with Crippen LogP contribution in [-0.2, 0) is 10.0 Å². The van der Waals surface area contributed by atoms with Crippen LogP contribution in [0, 0.1) is 27.2 Å². The molecule has 1 saturated heterocycles. The van der Waals surface area contributed by atoms with Gasteiger partial charge in [0, 0.05) is 36.5 Å². The van der Waals surface area contributed by atoms with E-state index in [0.29, 0.717) is 11.3 Å². The van der Waals surface area contributed by atoms with Gasteiger partial charge in [-0.25, -0.2) is 8.42 Å². The molecule has 1 aliphatic heterocycles. The number of rotatable bonds is 7. The number of hydrogen-bond donors (Lipinski definition) is 1. The van der Waals surface area contributed by atoms with E-state index >= 15 is 0 Å². The first-order chi connectivity index (χ1) is 17.2. The number of nitro groups is 2. The van der Waals surface area contributed by atoms with Gasteiger partial charge < -0.3 is 4.90 Å². The molecule has 0 spiro atoms. The average Bonchev–Trinajstić information content (AvgIpc) is 3.13. The summed E-state index contributed by atoms with van der Waals surface area (Å²) in [7, 11) is -4.37. The van der Waals surface area contributed by atoms with Gasteiger partial charge in [0.2, 0.25) is 0 Å². The largest absolute Gasteiger partial charge is 0.355 e. The monoisotopic (exact) mass is 512 g/mol. The summed E-state index contributed by atoms with van der Waals surface area (Å²) in [6.45, 7) is 3.06. The molecule has 1 aromatic heterocycles. The van der Waals surface area contributed by atoms with Crippen molar-refractivity contribution in [2.75, 3.05) is 22.7 Å². The van der Waals surface area contributed by atoms with Gasteiger partial charge in [-0.15, -0.1) is 10.2 Å². The van der Waals surface area contributed by atoms with Crippen molar-refractivity contribution in [3.63, 3.8) is 0 Å². The highest BCUT2D eigenvalue weighted by atomic mass is 32.2. The zero-order valence-electron chi connectivity index (χ0n) is 19.5. The molecule has 1 N–H and O–H groups in total. The third kappa shape index (κ3) is 5.40. The van der Waals surface area contributed by atoms with E-state index in [1.165, 1.54) is 25.8 Å². The summed E-state index contributed by atoms with van der Waals surface area (Å²) in [4.78, 5) is 22.6. The maximum absolute atomic E-state index is 13.0. The SMILES string of the molecule is Cc1c([N+](=O)[O-])cc(S(=O)(=O)Nc2cccc(-c3ccc(N4CCCCCC4)nn3)c2)cc1[N+](=O)[O-]. The number of nitrogens with one attached hydrogen (secondary N) is 1. The highest BCUT2D eigenvalue weighted by Gasteiger charge is 2.28. The molecule has 0 aliphatic carbocycles. The molecule has 1 fully saturated rings. The van der Waals surface area contributed by atoms with Gasteiger partial charge in [0.25, 0.3) is 21.4 Å². The van der Waals surface area contributed by atoms with Gasteiger partial charge in [-0.3, -0.25) is 25.0 Å². The topological polar surface area (TPSA) is 161 Å². The number of nitrogens with zero attached hydrogens (tertiary/aromatic N) is 5. The number of benzene rings is 2. The van der Waals surface area contributed by atoms with Crippen LogP contribution in [0.1, 0.15) is 31.2 Å². The number of nitro benzene ring substituents is 2. The molecule has 1 aliphatic rings. The van der Waals surface area contributed by atoms with Gasteiger partial charge >= 0.3 is 0 Å². The van der Waals surface area contributed by atoms with Crippen LogP contribution in [0.15, 0.2) is 53.4 Å². The molecule has 0 saturated carbocycles. The molecule has 0 radical (unpaired) electrons. The Morgan fingerprint density at radius 2 is 1.53 bits per heavy atom. The molecule has 4 rings (SSSR count). The second-order valence-corrected chi connectivity index (χ2v) is 10.1. The number of sulfonamides is 1. The summed E-state index contributed by atoms with van der Waals surface area (Å²) in [6, 6.07) is 11.7. The lowest BCUT2D eigenvalue weighted by Crippen LogP contribution is -2.25. The average molecular weight is 513 g/mol. The maximum atomic E-state index is 13.0. The number of anilines is 2. The molecular weight excluding hydrogens is 488 g/mol. The zero-order valence-corrected chi connectivity index (χ0v) is 20.3. The molecule has 2 aromatic carbocycles. The van der Waals surface area contributed by atoms with E-state index in [2.05, 4.69) is 19.8 Å². The molecule has 0 unspecified atom stereocenters. The summed E-state index contributed by atoms with van der Waals surface area (Å²) in [5.74, 6) is 0.792. The van der Waals surface area contributed by atoms with Crippen molar-refractivity contribution in [1.82, 2.24) is 10.2 Å². The molecule has 0 bridgehead atoms. The first-order valence-electron chi connectivity index (χ1n) is 11.3. The fraction of sp³-hybridized carbons (Fsp3) is 0.304. The smallest absolute Gasteiger partial charge is 0.280 e. The quantitative estimate of drug-likeness (QED) is 0.356. The minimum atomic E-state index is -4.37. The van der Waals surface area contributed by atoms with Crippen molar-refractivity contribution in [3.05, 3.63) is 74.3 Å². The lowest BCUT2D eigenvalue weighted by atomic mass is 10.1. The van der Waals surface area contributed by atoms with Gasteiger partial charge in [0.15, 0.2) is 5.82 Å². The van der Waals surface area contributed by atoms with Gasteiger partial charge in [0.05, 0.1) is 15.5 Å². The van der Waals surface area contributed by atoms with E-state index in [1.807, 2.05) is 12.1 Å². The second-order valence-electron chi connectivity index (χ2n) is 8.47. The lowest BCUT2D eigenvalue weighted by Gasteiger charge is -2.20. The van der Waals surface area contributed by atoms with E-state index in [1.54, 1.807) is 18.2 Å². The van der Waals surface area contributed by atoms with Crippen molar-refractivity contribution >= 4 is 32.9 Å². The van der Waals surface area contributed by atoms with E-state index in [-0.39, 0.29) is 11.3 Å². The Kier molecular flexibility index (Phi) is 7.10. The van der Waals surface area contributed by atoms with Gasteiger partial charge in [-0.1, -0.05) is 25.0 Å². The summed E-state index contributed by atoms with van der Waals surface area (Å²) in [6.07, 6.45) is 4.62. The minimum absolute atomic E-state index is 0.164. The molecule has 188 valence electrons. The van der Waals surface area contributed by atoms with Crippen LogP contribution in [-0.4, -0.2) is 41.6 Å². The Balaban J connectivity index is 1.60. The van der Waals surface area contributed by atoms with E-state index in [4.69, 9.17) is 0 Å². The van der Waals surface area contributed by atoms with E-state index in [0.717, 1.165) is 43.9 Å². The fourth-order valence-corrected chi connectivity index (χ4v) is 5.19. The molecular formula is C23H24N6O6S. The standard InChI is InChI=1S/C23H24N6O6S/c1-16-21(28(30)31)14-19(15-22(16)29(32)33)36(34,35)26-18-8-6-7-17(13-18)20-9-10-23(25-24-20)27-11-4-2-3-5-12-27/h6-10,13-15,26H,2-5,11-12H2,1H3. The predicted octanol–water partition coefficient (Wildman–Crippen LogP) is 4.45. The summed E-state index contributed by atoms with van der Waals surface area (Å²) in [5.41, 5.74) is -0.233. The Labute approximate surface area is 207 Å². The molecule has 2 heterocycles. The summed E-state index contributed by atoms with van der Waals surface area (Å²) in [5, 5.41) is 31.3. The van der Waals surface area contributed by atoms with Gasteiger partial charge in [-0.2, -0.15) is 0 Å². The molecule has 13 heteroatoms. The van der Waals surface area contributed by atoms with Crippen molar-refractivity contribution in [3.8, 4) is 11.3 Å². The third-order valence-electron chi connectivity index (χ3n) is 6.02. The second kappa shape index (κ2) is 10.2. The Bertz CT molecular complexity index is 1370. The van der Waals surface area contributed by atoms with Crippen LogP contribution in [0.25, 0.3) is 11.3 Å². The molecule has 12 nitrogen and oxygen atoms in total. The van der Waals surface area contributed by atoms with Crippen LogP contribution in [0.4, 0.5) is 22.9 Å². The first-order valence-corrected chi connectivity index (χ1v) is 12.8. The summed E-state index contributed by atoms with van der Waals surface area (Å²) >= 11 is 0. The van der Waals surface area contributed by atoms with Gasteiger partial charge in [-0.05, 0) is 44.0 Å². The van der Waals surface area contributed by atoms with E-state index in [9.17, 15) is 28.6 Å². The molecule has 0 atom stereocenters. The highest BCUT2D eigenvalue weighted by molar-refractivity contribution is 7.92. The molecule has 36 heavy (non-hydrogen) atoms. The predicted molar refractivity (Wildman–Crippen MR) is 133 cm³/mol. The van der Waals surface area contributed by atoms with Crippen LogP contribution >= 0.6 is 0 Å². The lowest BCUT2D eigenvalue weighted by molar-refractivity contribution is -0.395. The van der Waals surface area contributed by atoms with Crippen LogP contribution in [0.3, 0.4) is 0 Å². The first kappa shape index (κ1) is 25.0. The summed E-state index contributed by atoms with van der Waals surface area (Å²) < 4.78 is 28.3. The van der Waals surface area contributed by atoms with Crippen molar-refractivity contribution in [2.24, 2.45) is 0 Å². The van der Waals surface area contributed by atoms with Crippen LogP contribution in [0.2, 0.25) is 0 Å². The fourth-order valence-electron chi connectivity index (χ4n) is 4.10. The normalized spacial score (nSPS) is 14.2. The van der Waals surface area contributed by atoms with Crippen molar-refractivity contribution < 1.29 is 18.3 Å². The Morgan fingerprint density at radius 3 is 2.08 bits per heavy atom. The van der Waals surface area contributed by atoms with Gasteiger partial charge in [0.1, 0.15) is 10.5 Å². The number of hydrogen-bond acceptors (Lipinski definition) is 9. The Morgan fingerprint density at radius 1 is 0.889 bits per heavy atom. The third-order valence-corrected chi connectivity index (χ3v) is 7.38. The van der Waals surface area contributed by atoms with E-state index < -0.39 is 36.1 Å². The molecule has 0 amide bonds. The van der Waals surface area contributed by atoms with Crippen LogP contribution in [0.5, 0.6) is 0 Å². The Hall–Kier alpha value is -4.13. The molecule has 3 aromatic rings. The minimum Gasteiger partial charge on any atom is -0.355 e. The number of aromatic nitrogens is 2. The van der Waals surface area contributed by atoms with Crippen molar-refractivity contribution in [1.29, 1.82) is 0 Å². The van der Waals surface area contributed by atoms with Crippen molar-refractivity contribution in [2.45, 2.75) is 37.5 Å². The highest BCUT2D eigenvalue weighted by Crippen LogP contribution is 2.32. The van der Waals surface area contributed by atoms with Crippen LogP contribution < -0.4 is 9.62 Å². The zero-order chi connectivity index (χ0) is 25.9.